The summed E-state index contributed by atoms with van der Waals surface area (Å²) in [5, 5.41) is 2.28. The Labute approximate surface area is 204 Å². The molecule has 1 aromatic carbocycles. The number of carbonyl (C=O) groups is 2. The number of carbonyl (C=O) groups excluding carboxylic acids is 2. The molecule has 9 heteroatoms. The molecule has 1 unspecified atom stereocenters. The van der Waals surface area contributed by atoms with Crippen molar-refractivity contribution in [3.8, 4) is 11.5 Å². The van der Waals surface area contributed by atoms with Crippen LogP contribution >= 0.6 is 11.3 Å². The molecule has 1 aromatic heterocycles. The summed E-state index contributed by atoms with van der Waals surface area (Å²) < 4.78 is 11.1. The van der Waals surface area contributed by atoms with E-state index in [1.165, 1.54) is 11.3 Å². The van der Waals surface area contributed by atoms with Crippen LogP contribution in [-0.2, 0) is 13.0 Å². The van der Waals surface area contributed by atoms with Crippen LogP contribution in [0.1, 0.15) is 47.6 Å². The van der Waals surface area contributed by atoms with Crippen LogP contribution in [0.3, 0.4) is 0 Å². The van der Waals surface area contributed by atoms with E-state index in [1.807, 2.05) is 28.9 Å². The van der Waals surface area contributed by atoms with E-state index in [2.05, 4.69) is 18.0 Å². The average molecular weight is 485 g/mol. The van der Waals surface area contributed by atoms with Gasteiger partial charge in [-0.1, -0.05) is 6.08 Å². The van der Waals surface area contributed by atoms with Gasteiger partial charge in [0.15, 0.2) is 5.01 Å². The van der Waals surface area contributed by atoms with Gasteiger partial charge in [-0.2, -0.15) is 0 Å². The third-order valence-electron chi connectivity index (χ3n) is 6.90. The molecule has 3 amide bonds. The fraction of sp³-hybridized carbons (Fsp3) is 0.480. The van der Waals surface area contributed by atoms with Gasteiger partial charge in [0.05, 0.1) is 26.3 Å². The molecule has 8 nitrogen and oxygen atoms in total. The lowest BCUT2D eigenvalue weighted by Gasteiger charge is -2.35. The van der Waals surface area contributed by atoms with E-state index >= 15 is 0 Å². The Morgan fingerprint density at radius 3 is 2.74 bits per heavy atom. The highest BCUT2D eigenvalue weighted by atomic mass is 32.1. The van der Waals surface area contributed by atoms with E-state index in [-0.39, 0.29) is 11.9 Å². The first-order valence-corrected chi connectivity index (χ1v) is 12.4. The number of ether oxygens (including phenoxy) is 2. The maximum atomic E-state index is 13.6. The number of amides is 3. The van der Waals surface area contributed by atoms with Gasteiger partial charge in [0, 0.05) is 43.5 Å². The smallest absolute Gasteiger partial charge is 0.325 e. The van der Waals surface area contributed by atoms with Crippen molar-refractivity contribution in [2.24, 2.45) is 0 Å². The SMILES string of the molecule is CCN1C(=O)N2Cc3cc(OC)cc(OC)c3CC/C=C\2C1(C)CCN(C)C(=O)c1nccs1. The molecule has 0 bridgehead atoms. The molecule has 0 N–H and O–H groups in total. The largest absolute Gasteiger partial charge is 0.497 e. The molecule has 4 rings (SSSR count). The lowest BCUT2D eigenvalue weighted by atomic mass is 9.89. The van der Waals surface area contributed by atoms with Crippen molar-refractivity contribution in [2.75, 3.05) is 34.4 Å². The molecule has 0 spiro atoms. The molecule has 0 aliphatic carbocycles. The number of hydrogen-bond acceptors (Lipinski definition) is 6. The third kappa shape index (κ3) is 4.13. The summed E-state index contributed by atoms with van der Waals surface area (Å²) in [5.41, 5.74) is 2.63. The zero-order valence-corrected chi connectivity index (χ0v) is 21.3. The molecule has 1 atom stereocenters. The van der Waals surface area contributed by atoms with Gasteiger partial charge in [-0.3, -0.25) is 9.69 Å². The standard InChI is InChI=1S/C25H32N4O4S/c1-6-29-24(31)28-16-17-14-18(32-4)15-20(33-5)19(17)8-7-9-21(28)25(29,2)10-12-27(3)23(30)22-26-11-13-34-22/h9,11,13-15H,6-8,10,12,16H2,1-5H3/b21-9-. The molecule has 1 fully saturated rings. The number of fused-ring (bicyclic) bond motifs is 2. The molecule has 0 saturated carbocycles. The summed E-state index contributed by atoms with van der Waals surface area (Å²) in [6.07, 6.45) is 6.06. The fourth-order valence-electron chi connectivity index (χ4n) is 5.02. The molecule has 2 aromatic rings. The van der Waals surface area contributed by atoms with Crippen LogP contribution < -0.4 is 9.47 Å². The normalized spacial score (nSPS) is 21.2. The number of benzene rings is 1. The number of methoxy groups -OCH3 is 2. The van der Waals surface area contributed by atoms with Gasteiger partial charge >= 0.3 is 6.03 Å². The molecule has 3 heterocycles. The Morgan fingerprint density at radius 1 is 1.29 bits per heavy atom. The Hall–Kier alpha value is -3.07. The van der Waals surface area contributed by atoms with E-state index in [0.29, 0.717) is 36.8 Å². The van der Waals surface area contributed by atoms with E-state index < -0.39 is 5.54 Å². The monoisotopic (exact) mass is 484 g/mol. The number of urea groups is 1. The zero-order valence-electron chi connectivity index (χ0n) is 20.5. The topological polar surface area (TPSA) is 75.2 Å². The van der Waals surface area contributed by atoms with Crippen LogP contribution in [0.5, 0.6) is 11.5 Å². The van der Waals surface area contributed by atoms with Gasteiger partial charge in [0.25, 0.3) is 5.91 Å². The minimum absolute atomic E-state index is 0.0141. The summed E-state index contributed by atoms with van der Waals surface area (Å²) >= 11 is 1.34. The molecule has 1 saturated heterocycles. The maximum absolute atomic E-state index is 13.6. The van der Waals surface area contributed by atoms with E-state index in [9.17, 15) is 9.59 Å². The summed E-state index contributed by atoms with van der Waals surface area (Å²) in [6.45, 7) is 5.66. The van der Waals surface area contributed by atoms with Crippen LogP contribution in [-0.4, -0.2) is 71.5 Å². The Bertz CT molecular complexity index is 1100. The second-order valence-electron chi connectivity index (χ2n) is 8.80. The Kier molecular flexibility index (Phi) is 6.84. The van der Waals surface area contributed by atoms with E-state index in [0.717, 1.165) is 35.4 Å². The summed E-state index contributed by atoms with van der Waals surface area (Å²) in [4.78, 5) is 35.9. The number of allylic oxidation sites excluding steroid dienone is 1. The van der Waals surface area contributed by atoms with Crippen molar-refractivity contribution < 1.29 is 19.1 Å². The third-order valence-corrected chi connectivity index (χ3v) is 7.66. The second-order valence-corrected chi connectivity index (χ2v) is 9.69. The van der Waals surface area contributed by atoms with Crippen molar-refractivity contribution in [3.05, 3.63) is 51.6 Å². The number of hydrogen-bond donors (Lipinski definition) is 0. The quantitative estimate of drug-likeness (QED) is 0.590. The van der Waals surface area contributed by atoms with Crippen molar-refractivity contribution in [1.82, 2.24) is 19.7 Å². The molecule has 182 valence electrons. The predicted octanol–water partition coefficient (Wildman–Crippen LogP) is 4.17. The first kappa shape index (κ1) is 24.1. The van der Waals surface area contributed by atoms with Crippen LogP contribution in [0.25, 0.3) is 0 Å². The first-order chi connectivity index (χ1) is 16.3. The molecular weight excluding hydrogens is 452 g/mol. The van der Waals surface area contributed by atoms with Gasteiger partial charge in [-0.05, 0) is 50.3 Å². The predicted molar refractivity (Wildman–Crippen MR) is 131 cm³/mol. The maximum Gasteiger partial charge on any atom is 0.325 e. The fourth-order valence-corrected chi connectivity index (χ4v) is 5.65. The van der Waals surface area contributed by atoms with Gasteiger partial charge in [-0.15, -0.1) is 11.3 Å². The number of rotatable bonds is 7. The highest BCUT2D eigenvalue weighted by Crippen LogP contribution is 2.42. The van der Waals surface area contributed by atoms with Crippen molar-refractivity contribution in [2.45, 2.75) is 45.2 Å². The zero-order chi connectivity index (χ0) is 24.5. The van der Waals surface area contributed by atoms with Gasteiger partial charge in [-0.25, -0.2) is 9.78 Å². The van der Waals surface area contributed by atoms with Gasteiger partial charge < -0.3 is 19.3 Å². The van der Waals surface area contributed by atoms with Crippen molar-refractivity contribution in [3.63, 3.8) is 0 Å². The molecule has 0 radical (unpaired) electrons. The van der Waals surface area contributed by atoms with Crippen molar-refractivity contribution >= 4 is 23.3 Å². The summed E-state index contributed by atoms with van der Waals surface area (Å²) in [5.74, 6) is 1.41. The average Bonchev–Trinajstić information content (AvgIpc) is 3.42. The van der Waals surface area contributed by atoms with Crippen LogP contribution in [0.4, 0.5) is 4.79 Å². The Morgan fingerprint density at radius 2 is 2.09 bits per heavy atom. The molecule has 2 aliphatic rings. The first-order valence-electron chi connectivity index (χ1n) is 11.5. The van der Waals surface area contributed by atoms with Crippen molar-refractivity contribution in [1.29, 1.82) is 0 Å². The van der Waals surface area contributed by atoms with Gasteiger partial charge in [0.1, 0.15) is 11.5 Å². The molecule has 34 heavy (non-hydrogen) atoms. The molecular formula is C25H32N4O4S. The van der Waals surface area contributed by atoms with Gasteiger partial charge in [0.2, 0.25) is 0 Å². The van der Waals surface area contributed by atoms with Crippen LogP contribution in [0, 0.1) is 0 Å². The number of thiazole rings is 1. The highest BCUT2D eigenvalue weighted by Gasteiger charge is 2.50. The minimum Gasteiger partial charge on any atom is -0.497 e. The second kappa shape index (κ2) is 9.66. The lowest BCUT2D eigenvalue weighted by Crippen LogP contribution is -2.46. The number of likely N-dealkylation sites (N-methyl/N-ethyl adjacent to an activating group) is 1. The summed E-state index contributed by atoms with van der Waals surface area (Å²) in [6, 6.07) is 3.88. The van der Waals surface area contributed by atoms with E-state index in [4.69, 9.17) is 9.47 Å². The van der Waals surface area contributed by atoms with Crippen LogP contribution in [0.15, 0.2) is 35.5 Å². The Balaban J connectivity index is 1.63. The molecule has 2 aliphatic heterocycles. The minimum atomic E-state index is -0.510. The highest BCUT2D eigenvalue weighted by molar-refractivity contribution is 7.11. The van der Waals surface area contributed by atoms with E-state index in [1.54, 1.807) is 37.7 Å². The lowest BCUT2D eigenvalue weighted by molar-refractivity contribution is 0.0772. The number of nitrogens with zero attached hydrogens (tertiary/aromatic N) is 4. The van der Waals surface area contributed by atoms with Crippen LogP contribution in [0.2, 0.25) is 0 Å². The summed E-state index contributed by atoms with van der Waals surface area (Å²) in [7, 11) is 5.09. The number of aromatic nitrogens is 1.